The topological polar surface area (TPSA) is 52.2 Å². The Hall–Kier alpha value is -4.96. The second kappa shape index (κ2) is 7.79. The Morgan fingerprint density at radius 2 is 1.17 bits per heavy atom. The molecule has 2 aromatic heterocycles. The van der Waals surface area contributed by atoms with Gasteiger partial charge in [-0.3, -0.25) is 9.36 Å². The molecule has 7 aromatic rings. The Morgan fingerprint density at radius 1 is 0.500 bits per heavy atom. The lowest BCUT2D eigenvalue weighted by atomic mass is 9.99. The van der Waals surface area contributed by atoms with Gasteiger partial charge in [0.1, 0.15) is 5.58 Å². The molecule has 4 nitrogen and oxygen atoms in total. The molecule has 0 atom stereocenters. The van der Waals surface area contributed by atoms with Crippen molar-refractivity contribution in [2.45, 2.75) is 0 Å². The van der Waals surface area contributed by atoms with Crippen molar-refractivity contribution in [2.75, 3.05) is 0 Å². The van der Waals surface area contributed by atoms with Gasteiger partial charge in [0.2, 0.25) is 0 Å². The summed E-state index contributed by atoms with van der Waals surface area (Å²) in [5.74, 6) is 0. The van der Waals surface area contributed by atoms with Crippen LogP contribution in [0.15, 0.2) is 129 Å². The van der Waals surface area contributed by atoms with E-state index in [1.807, 2.05) is 84.9 Å². The molecule has 0 aliphatic rings. The molecular weight excluding hydrogens is 446 g/mol. The lowest BCUT2D eigenvalue weighted by Crippen LogP contribution is -2.19. The summed E-state index contributed by atoms with van der Waals surface area (Å²) < 4.78 is 7.39. The normalized spacial score (nSPS) is 11.6. The number of hydrogen-bond acceptors (Lipinski definition) is 3. The molecule has 0 aliphatic carbocycles. The highest BCUT2D eigenvalue weighted by Gasteiger charge is 2.15. The van der Waals surface area contributed by atoms with Crippen LogP contribution >= 0.6 is 0 Å². The van der Waals surface area contributed by atoms with Gasteiger partial charge in [-0.05, 0) is 58.3 Å². The Labute approximate surface area is 205 Å². The van der Waals surface area contributed by atoms with Crippen LogP contribution in [0.3, 0.4) is 0 Å². The first-order valence-corrected chi connectivity index (χ1v) is 11.8. The standard InChI is InChI=1S/C32H19NO3/c34-31-26-12-6-4-11-24(26)28-18-21(20-8-2-1-3-9-20)14-17-29(28)33(31)22-15-16-25-23-10-5-7-13-27(23)32(35)36-30(25)19-22/h1-19H. The predicted octanol–water partition coefficient (Wildman–Crippen LogP) is 7.07. The smallest absolute Gasteiger partial charge is 0.344 e. The maximum absolute atomic E-state index is 13.8. The van der Waals surface area contributed by atoms with E-state index in [4.69, 9.17) is 4.42 Å². The summed E-state index contributed by atoms with van der Waals surface area (Å²) >= 11 is 0. The average Bonchev–Trinajstić information content (AvgIpc) is 2.94. The summed E-state index contributed by atoms with van der Waals surface area (Å²) in [5, 5.41) is 4.73. The molecule has 0 aliphatic heterocycles. The zero-order valence-corrected chi connectivity index (χ0v) is 19.1. The molecule has 4 heteroatoms. The highest BCUT2D eigenvalue weighted by Crippen LogP contribution is 2.31. The Balaban J connectivity index is 1.56. The van der Waals surface area contributed by atoms with E-state index in [2.05, 4.69) is 18.2 Å². The van der Waals surface area contributed by atoms with Gasteiger partial charge in [-0.2, -0.15) is 0 Å². The van der Waals surface area contributed by atoms with E-state index in [1.54, 1.807) is 16.7 Å². The quantitative estimate of drug-likeness (QED) is 0.203. The van der Waals surface area contributed by atoms with Gasteiger partial charge in [0, 0.05) is 22.2 Å². The van der Waals surface area contributed by atoms with E-state index < -0.39 is 5.63 Å². The van der Waals surface area contributed by atoms with Crippen LogP contribution in [0.2, 0.25) is 0 Å². The molecule has 5 aromatic carbocycles. The summed E-state index contributed by atoms with van der Waals surface area (Å²) in [4.78, 5) is 26.4. The highest BCUT2D eigenvalue weighted by molar-refractivity contribution is 6.08. The van der Waals surface area contributed by atoms with Gasteiger partial charge in [0.15, 0.2) is 0 Å². The molecule has 0 amide bonds. The summed E-state index contributed by atoms with van der Waals surface area (Å²) in [6.07, 6.45) is 0. The number of nitrogens with zero attached hydrogens (tertiary/aromatic N) is 1. The minimum Gasteiger partial charge on any atom is -0.422 e. The van der Waals surface area contributed by atoms with Crippen molar-refractivity contribution in [2.24, 2.45) is 0 Å². The van der Waals surface area contributed by atoms with E-state index in [0.29, 0.717) is 22.0 Å². The zero-order chi connectivity index (χ0) is 24.2. The van der Waals surface area contributed by atoms with Gasteiger partial charge < -0.3 is 4.42 Å². The fourth-order valence-corrected chi connectivity index (χ4v) is 5.16. The van der Waals surface area contributed by atoms with Crippen LogP contribution in [0.4, 0.5) is 0 Å². The molecule has 0 radical (unpaired) electrons. The van der Waals surface area contributed by atoms with Gasteiger partial charge in [-0.1, -0.05) is 72.8 Å². The van der Waals surface area contributed by atoms with Crippen LogP contribution in [-0.4, -0.2) is 4.57 Å². The minimum atomic E-state index is -0.390. The number of benzene rings is 5. The predicted molar refractivity (Wildman–Crippen MR) is 146 cm³/mol. The van der Waals surface area contributed by atoms with Crippen LogP contribution in [0.5, 0.6) is 0 Å². The Morgan fingerprint density at radius 3 is 1.94 bits per heavy atom. The number of hydrogen-bond donors (Lipinski definition) is 0. The lowest BCUT2D eigenvalue weighted by molar-refractivity contribution is 0.569. The number of rotatable bonds is 2. The van der Waals surface area contributed by atoms with E-state index >= 15 is 0 Å². The highest BCUT2D eigenvalue weighted by atomic mass is 16.4. The third kappa shape index (κ3) is 3.01. The van der Waals surface area contributed by atoms with Gasteiger partial charge in [0.25, 0.3) is 5.56 Å². The van der Waals surface area contributed by atoms with Crippen molar-refractivity contribution < 1.29 is 4.42 Å². The molecule has 0 fully saturated rings. The molecule has 170 valence electrons. The SMILES string of the molecule is O=c1oc2cc(-n3c(=O)c4ccccc4c4cc(-c5ccccc5)ccc43)ccc2c2ccccc12. The largest absolute Gasteiger partial charge is 0.422 e. The third-order valence-electron chi connectivity index (χ3n) is 6.86. The van der Waals surface area contributed by atoms with E-state index in [-0.39, 0.29) is 5.56 Å². The molecule has 0 N–H and O–H groups in total. The molecule has 0 unspecified atom stereocenters. The number of fused-ring (bicyclic) bond motifs is 6. The number of pyridine rings is 1. The van der Waals surface area contributed by atoms with Crippen molar-refractivity contribution >= 4 is 43.4 Å². The van der Waals surface area contributed by atoms with E-state index in [9.17, 15) is 9.59 Å². The van der Waals surface area contributed by atoms with Gasteiger partial charge >= 0.3 is 5.63 Å². The van der Waals surface area contributed by atoms with Gasteiger partial charge in [-0.15, -0.1) is 0 Å². The first-order chi connectivity index (χ1) is 17.7. The Kier molecular flexibility index (Phi) is 4.42. The second-order valence-corrected chi connectivity index (χ2v) is 8.90. The second-order valence-electron chi connectivity index (χ2n) is 8.90. The molecular formula is C32H19NO3. The summed E-state index contributed by atoms with van der Waals surface area (Å²) in [7, 11) is 0. The lowest BCUT2D eigenvalue weighted by Gasteiger charge is -2.15. The van der Waals surface area contributed by atoms with Crippen molar-refractivity contribution in [1.29, 1.82) is 0 Å². The molecule has 36 heavy (non-hydrogen) atoms. The Bertz CT molecular complexity index is 2090. The van der Waals surface area contributed by atoms with Crippen molar-refractivity contribution in [3.63, 3.8) is 0 Å². The van der Waals surface area contributed by atoms with Crippen LogP contribution in [0.1, 0.15) is 0 Å². The average molecular weight is 466 g/mol. The molecule has 0 spiro atoms. The van der Waals surface area contributed by atoms with Crippen molar-refractivity contribution in [3.8, 4) is 16.8 Å². The van der Waals surface area contributed by atoms with Crippen LogP contribution in [0, 0.1) is 0 Å². The zero-order valence-electron chi connectivity index (χ0n) is 19.1. The monoisotopic (exact) mass is 465 g/mol. The van der Waals surface area contributed by atoms with Crippen LogP contribution in [0.25, 0.3) is 60.2 Å². The molecule has 0 saturated heterocycles. The van der Waals surface area contributed by atoms with Crippen LogP contribution in [-0.2, 0) is 0 Å². The third-order valence-corrected chi connectivity index (χ3v) is 6.86. The van der Waals surface area contributed by atoms with E-state index in [1.165, 1.54) is 0 Å². The summed E-state index contributed by atoms with van der Waals surface area (Å²) in [6.45, 7) is 0. The van der Waals surface area contributed by atoms with Gasteiger partial charge in [0.05, 0.1) is 16.6 Å². The van der Waals surface area contributed by atoms with E-state index in [0.717, 1.165) is 38.2 Å². The molecule has 0 saturated carbocycles. The van der Waals surface area contributed by atoms with Gasteiger partial charge in [-0.25, -0.2) is 4.79 Å². The van der Waals surface area contributed by atoms with Crippen molar-refractivity contribution in [1.82, 2.24) is 4.57 Å². The first-order valence-electron chi connectivity index (χ1n) is 11.8. The molecule has 7 rings (SSSR count). The summed E-state index contributed by atoms with van der Waals surface area (Å²) in [6, 6.07) is 37.1. The number of aromatic nitrogens is 1. The van der Waals surface area contributed by atoms with Crippen molar-refractivity contribution in [3.05, 3.63) is 136 Å². The maximum Gasteiger partial charge on any atom is 0.344 e. The van der Waals surface area contributed by atoms with Crippen LogP contribution < -0.4 is 11.2 Å². The fourth-order valence-electron chi connectivity index (χ4n) is 5.16. The summed E-state index contributed by atoms with van der Waals surface area (Å²) in [5.41, 5.74) is 3.57. The molecule has 2 heterocycles. The molecule has 0 bridgehead atoms. The fraction of sp³-hybridized carbons (Fsp3) is 0. The minimum absolute atomic E-state index is 0.118. The first kappa shape index (κ1) is 20.4. The maximum atomic E-state index is 13.8.